The first-order valence-electron chi connectivity index (χ1n) is 11.9. The van der Waals surface area contributed by atoms with Crippen LogP contribution in [-0.2, 0) is 33.3 Å². The van der Waals surface area contributed by atoms with Gasteiger partial charge in [-0.1, -0.05) is 30.0 Å². The Kier molecular flexibility index (Phi) is 7.94. The number of hydrogen-bond donors (Lipinski definition) is 1. The Morgan fingerprint density at radius 3 is 2.36 bits per heavy atom. The van der Waals surface area contributed by atoms with E-state index in [0.717, 1.165) is 23.1 Å². The van der Waals surface area contributed by atoms with Crippen LogP contribution in [0.2, 0.25) is 0 Å². The van der Waals surface area contributed by atoms with Gasteiger partial charge in [-0.05, 0) is 59.0 Å². The molecular formula is C27H16F6N2O4S3. The summed E-state index contributed by atoms with van der Waals surface area (Å²) >= 11 is 7.26. The molecular weight excluding hydrogens is 626 g/mol. The number of ether oxygens (including phenoxy) is 1. The lowest BCUT2D eigenvalue weighted by Gasteiger charge is -2.14. The molecule has 1 aromatic heterocycles. The van der Waals surface area contributed by atoms with Crippen LogP contribution in [-0.4, -0.2) is 33.5 Å². The van der Waals surface area contributed by atoms with Crippen molar-refractivity contribution in [3.8, 4) is 11.1 Å². The lowest BCUT2D eigenvalue weighted by molar-refractivity contribution is -0.143. The Labute approximate surface area is 247 Å². The average Bonchev–Trinajstić information content (AvgIpc) is 3.60. The number of hydrogen-bond acceptors (Lipinski definition) is 7. The zero-order valence-corrected chi connectivity index (χ0v) is 23.3. The van der Waals surface area contributed by atoms with Crippen LogP contribution in [0, 0.1) is 0 Å². The number of halogens is 6. The van der Waals surface area contributed by atoms with Crippen molar-refractivity contribution in [1.82, 2.24) is 4.90 Å². The number of carbonyl (C=O) groups excluding carboxylic acids is 3. The summed E-state index contributed by atoms with van der Waals surface area (Å²) in [7, 11) is 0. The fourth-order valence-corrected chi connectivity index (χ4v) is 6.37. The van der Waals surface area contributed by atoms with Crippen LogP contribution < -0.4 is 5.32 Å². The maximum Gasteiger partial charge on any atom is 0.416 e. The van der Waals surface area contributed by atoms with Crippen LogP contribution in [0.4, 0.5) is 32.0 Å². The highest BCUT2D eigenvalue weighted by atomic mass is 32.2. The molecule has 2 amide bonds. The molecule has 0 saturated carbocycles. The summed E-state index contributed by atoms with van der Waals surface area (Å²) in [5.74, 6) is -1.41. The molecule has 1 N–H and O–H groups in total. The average molecular weight is 643 g/mol. The number of benzene rings is 2. The lowest BCUT2D eigenvalue weighted by Crippen LogP contribution is -2.31. The highest BCUT2D eigenvalue weighted by molar-refractivity contribution is 8.26. The van der Waals surface area contributed by atoms with Crippen LogP contribution >= 0.6 is 35.3 Å². The van der Waals surface area contributed by atoms with Gasteiger partial charge in [-0.15, -0.1) is 11.3 Å². The first kappa shape index (κ1) is 29.8. The van der Waals surface area contributed by atoms with Crippen LogP contribution in [0.25, 0.3) is 17.2 Å². The van der Waals surface area contributed by atoms with E-state index in [1.807, 2.05) is 0 Å². The molecule has 1 fully saturated rings. The number of thiophene rings is 1. The maximum absolute atomic E-state index is 13.3. The highest BCUT2D eigenvalue weighted by Crippen LogP contribution is 2.40. The quantitative estimate of drug-likeness (QED) is 0.131. The van der Waals surface area contributed by atoms with Crippen molar-refractivity contribution in [3.05, 3.63) is 79.9 Å². The van der Waals surface area contributed by atoms with Crippen LogP contribution in [0.3, 0.4) is 0 Å². The Hall–Kier alpha value is -3.69. The van der Waals surface area contributed by atoms with Gasteiger partial charge < -0.3 is 10.1 Å². The van der Waals surface area contributed by atoms with E-state index in [-0.39, 0.29) is 46.0 Å². The second-order valence-corrected chi connectivity index (χ2v) is 11.7. The fourth-order valence-electron chi connectivity index (χ4n) is 4.15. The molecule has 42 heavy (non-hydrogen) atoms. The zero-order valence-electron chi connectivity index (χ0n) is 20.9. The third-order valence-corrected chi connectivity index (χ3v) is 8.48. The predicted octanol–water partition coefficient (Wildman–Crippen LogP) is 7.35. The van der Waals surface area contributed by atoms with Gasteiger partial charge in [-0.25, -0.2) is 4.79 Å². The van der Waals surface area contributed by atoms with E-state index in [2.05, 4.69) is 5.32 Å². The molecule has 0 atom stereocenters. The molecule has 0 aliphatic carbocycles. The maximum atomic E-state index is 13.3. The van der Waals surface area contributed by atoms with Gasteiger partial charge in [0.1, 0.15) is 10.9 Å². The van der Waals surface area contributed by atoms with E-state index in [0.29, 0.717) is 33.8 Å². The van der Waals surface area contributed by atoms with E-state index in [1.165, 1.54) is 28.5 Å². The molecule has 6 nitrogen and oxygen atoms in total. The second kappa shape index (κ2) is 11.2. The van der Waals surface area contributed by atoms with Crippen LogP contribution in [0.15, 0.2) is 52.7 Å². The summed E-state index contributed by atoms with van der Waals surface area (Å²) in [6, 6.07) is 7.51. The molecule has 3 aromatic rings. The number of thiocarbonyl (C=S) groups is 1. The van der Waals surface area contributed by atoms with E-state index in [9.17, 15) is 40.7 Å². The predicted molar refractivity (Wildman–Crippen MR) is 148 cm³/mol. The Balaban J connectivity index is 1.26. The number of alkyl halides is 6. The Morgan fingerprint density at radius 2 is 1.69 bits per heavy atom. The van der Waals surface area contributed by atoms with Gasteiger partial charge >= 0.3 is 18.3 Å². The number of rotatable bonds is 6. The Morgan fingerprint density at radius 1 is 1.00 bits per heavy atom. The summed E-state index contributed by atoms with van der Waals surface area (Å²) in [4.78, 5) is 39.0. The summed E-state index contributed by atoms with van der Waals surface area (Å²) in [6.07, 6.45) is -8.62. The topological polar surface area (TPSA) is 75.7 Å². The molecule has 2 aromatic carbocycles. The lowest BCUT2D eigenvalue weighted by atomic mass is 10.0. The van der Waals surface area contributed by atoms with Gasteiger partial charge in [0, 0.05) is 29.1 Å². The largest absolute Gasteiger partial charge is 0.457 e. The third kappa shape index (κ3) is 6.37. The standard InChI is InChI=1S/C27H16F6N2O4S3/c28-26(29,30)16-5-14(6-17(8-16)27(31,32)33)15-7-19(41-12-15)10-21-23(37)35(25(40)42-21)4-3-22(36)34-18-2-1-13-11-39-24(38)20(13)9-18/h1-2,5-10,12H,3-4,11H2,(H,34,36). The van der Waals surface area contributed by atoms with Gasteiger partial charge in [0.05, 0.1) is 21.6 Å². The molecule has 0 radical (unpaired) electrons. The number of thioether (sulfide) groups is 1. The number of nitrogens with one attached hydrogen (secondary N) is 1. The molecule has 0 spiro atoms. The van der Waals surface area contributed by atoms with Gasteiger partial charge in [-0.2, -0.15) is 26.3 Å². The highest BCUT2D eigenvalue weighted by Gasteiger charge is 2.37. The summed E-state index contributed by atoms with van der Waals surface area (Å²) in [6.45, 7) is 0.127. The third-order valence-electron chi connectivity index (χ3n) is 6.22. The van der Waals surface area contributed by atoms with Crippen molar-refractivity contribution in [3.63, 3.8) is 0 Å². The minimum atomic E-state index is -4.98. The van der Waals surface area contributed by atoms with Crippen molar-refractivity contribution < 1.29 is 45.5 Å². The van der Waals surface area contributed by atoms with Gasteiger partial charge in [0.2, 0.25) is 5.91 Å². The molecule has 2 aliphatic heterocycles. The molecule has 2 aliphatic rings. The molecule has 218 valence electrons. The molecule has 1 saturated heterocycles. The van der Waals surface area contributed by atoms with Crippen molar-refractivity contribution in [2.45, 2.75) is 25.4 Å². The SMILES string of the molecule is O=C(CCN1C(=O)C(=Cc2cc(-c3cc(C(F)(F)F)cc(C(F)(F)F)c3)cs2)SC1=S)Nc1ccc2c(c1)C(=O)OC2. The fraction of sp³-hybridized carbons (Fsp3) is 0.185. The summed E-state index contributed by atoms with van der Waals surface area (Å²) < 4.78 is 84.6. The smallest absolute Gasteiger partial charge is 0.416 e. The van der Waals surface area contributed by atoms with E-state index in [4.69, 9.17) is 17.0 Å². The monoisotopic (exact) mass is 642 g/mol. The first-order valence-corrected chi connectivity index (χ1v) is 14.0. The van der Waals surface area contributed by atoms with Crippen LogP contribution in [0.5, 0.6) is 0 Å². The molecule has 0 unspecified atom stereocenters. The number of nitrogens with zero attached hydrogens (tertiary/aromatic N) is 1. The molecule has 5 rings (SSSR count). The number of esters is 1. The number of anilines is 1. The summed E-state index contributed by atoms with van der Waals surface area (Å²) in [5, 5.41) is 4.05. The zero-order chi connectivity index (χ0) is 30.4. The van der Waals surface area contributed by atoms with E-state index >= 15 is 0 Å². The molecule has 0 bridgehead atoms. The number of amides is 2. The van der Waals surface area contributed by atoms with Crippen molar-refractivity contribution in [1.29, 1.82) is 0 Å². The van der Waals surface area contributed by atoms with Crippen LogP contribution in [0.1, 0.15) is 38.3 Å². The van der Waals surface area contributed by atoms with E-state index in [1.54, 1.807) is 12.1 Å². The van der Waals surface area contributed by atoms with Crippen molar-refractivity contribution >= 4 is 69.2 Å². The minimum Gasteiger partial charge on any atom is -0.457 e. The van der Waals surface area contributed by atoms with E-state index < -0.39 is 41.3 Å². The molecule has 15 heteroatoms. The first-order chi connectivity index (χ1) is 19.7. The van der Waals surface area contributed by atoms with Gasteiger partial charge in [0.25, 0.3) is 5.91 Å². The molecule has 3 heterocycles. The minimum absolute atomic E-state index is 0.0407. The second-order valence-electron chi connectivity index (χ2n) is 9.11. The van der Waals surface area contributed by atoms with Gasteiger partial charge in [-0.3, -0.25) is 14.5 Å². The summed E-state index contributed by atoms with van der Waals surface area (Å²) in [5.41, 5.74) is -1.55. The number of cyclic esters (lactones) is 1. The Bertz CT molecular complexity index is 1630. The number of carbonyl (C=O) groups is 3. The van der Waals surface area contributed by atoms with Crippen molar-refractivity contribution in [2.75, 3.05) is 11.9 Å². The normalized spacial score (nSPS) is 16.3. The van der Waals surface area contributed by atoms with Crippen molar-refractivity contribution in [2.24, 2.45) is 0 Å². The van der Waals surface area contributed by atoms with Gasteiger partial charge in [0.15, 0.2) is 0 Å². The number of fused-ring (bicyclic) bond motifs is 1.